The first-order valence-corrected chi connectivity index (χ1v) is 8.60. The Morgan fingerprint density at radius 3 is 2.23 bits per heavy atom. The number of ether oxygens (including phenoxy) is 1. The minimum atomic E-state index is -0.434. The van der Waals surface area contributed by atoms with Gasteiger partial charge in [0.25, 0.3) is 5.91 Å². The van der Waals surface area contributed by atoms with Crippen molar-refractivity contribution < 1.29 is 9.53 Å². The van der Waals surface area contributed by atoms with E-state index in [1.807, 2.05) is 37.3 Å². The van der Waals surface area contributed by atoms with E-state index in [0.717, 1.165) is 11.3 Å². The van der Waals surface area contributed by atoms with Crippen LogP contribution in [-0.4, -0.2) is 12.5 Å². The summed E-state index contributed by atoms with van der Waals surface area (Å²) in [5, 5.41) is 12.1. The van der Waals surface area contributed by atoms with Gasteiger partial charge in [-0.05, 0) is 53.8 Å². The Balaban J connectivity index is 2.12. The van der Waals surface area contributed by atoms with Crippen molar-refractivity contribution in [1.29, 1.82) is 5.26 Å². The van der Waals surface area contributed by atoms with Crippen LogP contribution in [0.15, 0.2) is 54.1 Å². The second-order valence-electron chi connectivity index (χ2n) is 6.95. The van der Waals surface area contributed by atoms with Gasteiger partial charge in [-0.25, -0.2) is 0 Å². The van der Waals surface area contributed by atoms with Crippen LogP contribution in [-0.2, 0) is 10.2 Å². The highest BCUT2D eigenvalue weighted by molar-refractivity contribution is 6.09. The lowest BCUT2D eigenvalue weighted by Crippen LogP contribution is -2.13. The van der Waals surface area contributed by atoms with E-state index in [0.29, 0.717) is 12.3 Å². The third-order valence-corrected chi connectivity index (χ3v) is 3.88. The van der Waals surface area contributed by atoms with Gasteiger partial charge in [0.15, 0.2) is 0 Å². The molecule has 0 bridgehead atoms. The Hall–Kier alpha value is -3.06. The third kappa shape index (κ3) is 5.22. The van der Waals surface area contributed by atoms with Gasteiger partial charge in [-0.3, -0.25) is 4.79 Å². The number of nitriles is 1. The summed E-state index contributed by atoms with van der Waals surface area (Å²) in [7, 11) is 0. The monoisotopic (exact) mass is 348 g/mol. The number of carbonyl (C=O) groups excluding carboxylic acids is 1. The van der Waals surface area contributed by atoms with E-state index >= 15 is 0 Å². The Labute approximate surface area is 155 Å². The van der Waals surface area contributed by atoms with Gasteiger partial charge in [-0.1, -0.05) is 45.0 Å². The summed E-state index contributed by atoms with van der Waals surface area (Å²) in [4.78, 5) is 12.4. The van der Waals surface area contributed by atoms with Crippen LogP contribution in [0, 0.1) is 11.3 Å². The zero-order chi connectivity index (χ0) is 19.2. The van der Waals surface area contributed by atoms with Crippen LogP contribution < -0.4 is 10.1 Å². The lowest BCUT2D eigenvalue weighted by atomic mass is 9.86. The molecule has 2 aromatic carbocycles. The summed E-state index contributed by atoms with van der Waals surface area (Å²) in [5.74, 6) is 0.303. The Bertz CT molecular complexity index is 820. The van der Waals surface area contributed by atoms with Crippen LogP contribution >= 0.6 is 0 Å². The highest BCUT2D eigenvalue weighted by atomic mass is 16.5. The Morgan fingerprint density at radius 2 is 1.73 bits per heavy atom. The third-order valence-electron chi connectivity index (χ3n) is 3.88. The van der Waals surface area contributed by atoms with E-state index in [9.17, 15) is 10.1 Å². The van der Waals surface area contributed by atoms with Gasteiger partial charge < -0.3 is 10.1 Å². The number of carbonyl (C=O) groups is 1. The first-order valence-electron chi connectivity index (χ1n) is 8.60. The van der Waals surface area contributed by atoms with Gasteiger partial charge in [0, 0.05) is 5.69 Å². The summed E-state index contributed by atoms with van der Waals surface area (Å²) in [5.41, 5.74) is 2.75. The lowest BCUT2D eigenvalue weighted by molar-refractivity contribution is -0.112. The molecule has 0 saturated heterocycles. The van der Waals surface area contributed by atoms with E-state index in [4.69, 9.17) is 4.74 Å². The lowest BCUT2D eigenvalue weighted by Gasteiger charge is -2.18. The highest BCUT2D eigenvalue weighted by Crippen LogP contribution is 2.23. The fourth-order valence-electron chi connectivity index (χ4n) is 2.39. The molecule has 0 unspecified atom stereocenters. The summed E-state index contributed by atoms with van der Waals surface area (Å²) in [6.45, 7) is 8.92. The summed E-state index contributed by atoms with van der Waals surface area (Å²) in [6.07, 6.45) is 1.59. The number of nitrogens with zero attached hydrogens (tertiary/aromatic N) is 1. The van der Waals surface area contributed by atoms with Crippen LogP contribution in [0.1, 0.15) is 38.8 Å². The molecule has 0 fully saturated rings. The molecule has 0 spiro atoms. The predicted molar refractivity (Wildman–Crippen MR) is 105 cm³/mol. The normalized spacial score (nSPS) is 11.6. The minimum Gasteiger partial charge on any atom is -0.494 e. The first kappa shape index (κ1) is 19.3. The molecule has 0 atom stereocenters. The van der Waals surface area contributed by atoms with Crippen molar-refractivity contribution in [1.82, 2.24) is 0 Å². The molecule has 4 nitrogen and oxygen atoms in total. The van der Waals surface area contributed by atoms with Crippen molar-refractivity contribution >= 4 is 17.7 Å². The molecule has 2 aromatic rings. The molecule has 0 aromatic heterocycles. The molecule has 134 valence electrons. The molecule has 0 aliphatic heterocycles. The number of anilines is 1. The van der Waals surface area contributed by atoms with Crippen LogP contribution in [0.4, 0.5) is 5.69 Å². The van der Waals surface area contributed by atoms with E-state index in [2.05, 4.69) is 26.1 Å². The van der Waals surface area contributed by atoms with Crippen LogP contribution in [0.5, 0.6) is 5.75 Å². The molecular weight excluding hydrogens is 324 g/mol. The summed E-state index contributed by atoms with van der Waals surface area (Å²) >= 11 is 0. The van der Waals surface area contributed by atoms with Crippen LogP contribution in [0.25, 0.3) is 6.08 Å². The first-order chi connectivity index (χ1) is 12.3. The van der Waals surface area contributed by atoms with Crippen molar-refractivity contribution in [3.63, 3.8) is 0 Å². The second-order valence-corrected chi connectivity index (χ2v) is 6.95. The molecular formula is C22H24N2O2. The number of hydrogen-bond donors (Lipinski definition) is 1. The van der Waals surface area contributed by atoms with Crippen molar-refractivity contribution in [3.05, 3.63) is 65.2 Å². The van der Waals surface area contributed by atoms with Crippen molar-refractivity contribution in [2.45, 2.75) is 33.1 Å². The van der Waals surface area contributed by atoms with Crippen LogP contribution in [0.2, 0.25) is 0 Å². The highest BCUT2D eigenvalue weighted by Gasteiger charge is 2.13. The zero-order valence-corrected chi connectivity index (χ0v) is 15.7. The second kappa shape index (κ2) is 8.35. The maximum absolute atomic E-state index is 12.4. The molecule has 4 heteroatoms. The average Bonchev–Trinajstić information content (AvgIpc) is 2.61. The standard InChI is InChI=1S/C22H24N2O2/c1-5-26-20-12-10-19(11-13-20)24-21(25)17(15-23)14-16-6-8-18(9-7-16)22(2,3)4/h6-14H,5H2,1-4H3,(H,24,25)/b17-14+. The number of benzene rings is 2. The predicted octanol–water partition coefficient (Wildman–Crippen LogP) is 4.93. The fraction of sp³-hybridized carbons (Fsp3) is 0.273. The smallest absolute Gasteiger partial charge is 0.266 e. The summed E-state index contributed by atoms with van der Waals surface area (Å²) < 4.78 is 5.37. The molecule has 0 aliphatic rings. The maximum Gasteiger partial charge on any atom is 0.266 e. The maximum atomic E-state index is 12.4. The molecule has 0 heterocycles. The van der Waals surface area contributed by atoms with Gasteiger partial charge in [0.2, 0.25) is 0 Å². The van der Waals surface area contributed by atoms with Gasteiger partial charge >= 0.3 is 0 Å². The molecule has 0 radical (unpaired) electrons. The topological polar surface area (TPSA) is 62.1 Å². The summed E-state index contributed by atoms with van der Waals surface area (Å²) in [6, 6.07) is 16.9. The van der Waals surface area contributed by atoms with Crippen molar-refractivity contribution in [3.8, 4) is 11.8 Å². The van der Waals surface area contributed by atoms with E-state index in [1.54, 1.807) is 30.3 Å². The Kier molecular flexibility index (Phi) is 6.19. The molecule has 0 saturated carbocycles. The fourth-order valence-corrected chi connectivity index (χ4v) is 2.39. The Morgan fingerprint density at radius 1 is 1.12 bits per heavy atom. The molecule has 26 heavy (non-hydrogen) atoms. The molecule has 2 rings (SSSR count). The van der Waals surface area contributed by atoms with E-state index < -0.39 is 5.91 Å². The van der Waals surface area contributed by atoms with Gasteiger partial charge in [0.1, 0.15) is 17.4 Å². The number of nitrogens with one attached hydrogen (secondary N) is 1. The molecule has 1 N–H and O–H groups in total. The number of rotatable bonds is 5. The van der Waals surface area contributed by atoms with Gasteiger partial charge in [0.05, 0.1) is 6.61 Å². The average molecular weight is 348 g/mol. The van der Waals surface area contributed by atoms with Gasteiger partial charge in [-0.15, -0.1) is 0 Å². The van der Waals surface area contributed by atoms with Crippen molar-refractivity contribution in [2.75, 3.05) is 11.9 Å². The van der Waals surface area contributed by atoms with E-state index in [-0.39, 0.29) is 11.0 Å². The number of amides is 1. The SMILES string of the molecule is CCOc1ccc(NC(=O)/C(C#N)=C/c2ccc(C(C)(C)C)cc2)cc1. The van der Waals surface area contributed by atoms with Crippen molar-refractivity contribution in [2.24, 2.45) is 0 Å². The minimum absolute atomic E-state index is 0.0578. The zero-order valence-electron chi connectivity index (χ0n) is 15.7. The quantitative estimate of drug-likeness (QED) is 0.615. The number of hydrogen-bond acceptors (Lipinski definition) is 3. The molecule has 0 aliphatic carbocycles. The van der Waals surface area contributed by atoms with Crippen LogP contribution in [0.3, 0.4) is 0 Å². The largest absolute Gasteiger partial charge is 0.494 e. The van der Waals surface area contributed by atoms with Gasteiger partial charge in [-0.2, -0.15) is 5.26 Å². The molecule has 1 amide bonds. The van der Waals surface area contributed by atoms with E-state index in [1.165, 1.54) is 5.56 Å².